The fourth-order valence-corrected chi connectivity index (χ4v) is 2.68. The molecule has 2 aromatic carbocycles. The van der Waals surface area contributed by atoms with Crippen LogP contribution in [0.25, 0.3) is 11.0 Å². The average molecular weight is 300 g/mol. The van der Waals surface area contributed by atoms with Gasteiger partial charge in [-0.3, -0.25) is 0 Å². The summed E-state index contributed by atoms with van der Waals surface area (Å²) in [6.07, 6.45) is 0.283. The van der Waals surface area contributed by atoms with Crippen LogP contribution in [-0.4, -0.2) is 9.55 Å². The number of hydrogen-bond acceptors (Lipinski definition) is 1. The van der Waals surface area contributed by atoms with Gasteiger partial charge in [0.1, 0.15) is 5.82 Å². The van der Waals surface area contributed by atoms with E-state index in [1.165, 1.54) is 6.07 Å². The fraction of sp³-hybridized carbons (Fsp3) is 0.278. The van der Waals surface area contributed by atoms with Crippen LogP contribution >= 0.6 is 0 Å². The first-order chi connectivity index (χ1) is 10.6. The molecule has 0 radical (unpaired) electrons. The van der Waals surface area contributed by atoms with Gasteiger partial charge in [0.25, 0.3) is 0 Å². The van der Waals surface area contributed by atoms with Gasteiger partial charge in [-0.1, -0.05) is 38.1 Å². The Morgan fingerprint density at radius 3 is 2.59 bits per heavy atom. The van der Waals surface area contributed by atoms with E-state index < -0.39 is 11.6 Å². The second-order valence-corrected chi connectivity index (χ2v) is 5.91. The zero-order valence-electron chi connectivity index (χ0n) is 12.7. The molecule has 22 heavy (non-hydrogen) atoms. The Morgan fingerprint density at radius 1 is 1.05 bits per heavy atom. The van der Waals surface area contributed by atoms with Crippen molar-refractivity contribution < 1.29 is 8.78 Å². The second-order valence-electron chi connectivity index (χ2n) is 5.91. The molecule has 0 N–H and O–H groups in total. The van der Waals surface area contributed by atoms with Crippen molar-refractivity contribution in [2.45, 2.75) is 26.8 Å². The molecule has 0 aliphatic rings. The number of aromatic nitrogens is 2. The second kappa shape index (κ2) is 5.87. The molecule has 0 amide bonds. The van der Waals surface area contributed by atoms with E-state index in [9.17, 15) is 8.78 Å². The summed E-state index contributed by atoms with van der Waals surface area (Å²) in [5, 5.41) is 0. The minimum absolute atomic E-state index is 0.283. The van der Waals surface area contributed by atoms with E-state index in [0.717, 1.165) is 29.5 Å². The Balaban J connectivity index is 2.07. The van der Waals surface area contributed by atoms with Gasteiger partial charge in [-0.25, -0.2) is 13.8 Å². The lowest BCUT2D eigenvalue weighted by molar-refractivity contribution is 0.494. The Labute approximate surface area is 128 Å². The molecule has 3 aromatic rings. The van der Waals surface area contributed by atoms with Crippen LogP contribution in [0.3, 0.4) is 0 Å². The van der Waals surface area contributed by atoms with Crippen molar-refractivity contribution in [1.29, 1.82) is 0 Å². The van der Waals surface area contributed by atoms with Crippen LogP contribution in [0.5, 0.6) is 0 Å². The van der Waals surface area contributed by atoms with Crippen molar-refractivity contribution >= 4 is 11.0 Å². The normalized spacial score (nSPS) is 11.5. The molecule has 3 rings (SSSR count). The summed E-state index contributed by atoms with van der Waals surface area (Å²) in [7, 11) is 0. The van der Waals surface area contributed by atoms with Crippen molar-refractivity contribution in [2.75, 3.05) is 0 Å². The highest BCUT2D eigenvalue weighted by molar-refractivity contribution is 5.76. The number of rotatable bonds is 4. The molecule has 0 saturated carbocycles. The zero-order valence-corrected chi connectivity index (χ0v) is 12.7. The van der Waals surface area contributed by atoms with Crippen molar-refractivity contribution in [3.05, 3.63) is 65.5 Å². The summed E-state index contributed by atoms with van der Waals surface area (Å²) >= 11 is 0. The monoisotopic (exact) mass is 300 g/mol. The van der Waals surface area contributed by atoms with E-state index >= 15 is 0 Å². The average Bonchev–Trinajstić information content (AvgIpc) is 2.81. The van der Waals surface area contributed by atoms with Gasteiger partial charge < -0.3 is 4.57 Å². The van der Waals surface area contributed by atoms with E-state index in [1.54, 1.807) is 6.07 Å². The van der Waals surface area contributed by atoms with Crippen LogP contribution in [0.15, 0.2) is 42.5 Å². The van der Waals surface area contributed by atoms with E-state index in [2.05, 4.69) is 23.4 Å². The van der Waals surface area contributed by atoms with E-state index in [0.29, 0.717) is 11.5 Å². The first-order valence-electron chi connectivity index (χ1n) is 7.43. The predicted octanol–water partition coefficient (Wildman–Crippen LogP) is 4.56. The van der Waals surface area contributed by atoms with Gasteiger partial charge in [-0.05, 0) is 29.7 Å². The fourth-order valence-electron chi connectivity index (χ4n) is 2.68. The number of halogens is 2. The molecule has 0 aliphatic carbocycles. The van der Waals surface area contributed by atoms with Crippen molar-refractivity contribution in [1.82, 2.24) is 9.55 Å². The Kier molecular flexibility index (Phi) is 3.92. The van der Waals surface area contributed by atoms with Crippen LogP contribution in [0.4, 0.5) is 8.78 Å². The highest BCUT2D eigenvalue weighted by Crippen LogP contribution is 2.21. The first kappa shape index (κ1) is 14.7. The quantitative estimate of drug-likeness (QED) is 0.690. The van der Waals surface area contributed by atoms with Crippen molar-refractivity contribution in [3.8, 4) is 0 Å². The zero-order chi connectivity index (χ0) is 15.7. The third-order valence-corrected chi connectivity index (χ3v) is 3.66. The number of nitrogens with zero attached hydrogens (tertiary/aromatic N) is 2. The predicted molar refractivity (Wildman–Crippen MR) is 83.7 cm³/mol. The molecular weight excluding hydrogens is 282 g/mol. The van der Waals surface area contributed by atoms with Gasteiger partial charge in [0, 0.05) is 13.0 Å². The lowest BCUT2D eigenvalue weighted by Crippen LogP contribution is -2.10. The molecule has 0 spiro atoms. The first-order valence-corrected chi connectivity index (χ1v) is 7.43. The Hall–Kier alpha value is -2.23. The standard InChI is InChI=1S/C18H18F2N2/c1-12(2)11-22-16-9-4-3-8-15(16)21-17(22)10-13-6-5-7-14(19)18(13)20/h3-9,12H,10-11H2,1-2H3. The van der Waals surface area contributed by atoms with Crippen LogP contribution in [0, 0.1) is 17.6 Å². The molecule has 2 nitrogen and oxygen atoms in total. The molecule has 4 heteroatoms. The molecule has 0 aliphatic heterocycles. The lowest BCUT2D eigenvalue weighted by atomic mass is 10.1. The van der Waals surface area contributed by atoms with Crippen LogP contribution < -0.4 is 0 Å². The van der Waals surface area contributed by atoms with Crippen LogP contribution in [0.2, 0.25) is 0 Å². The molecule has 1 aromatic heterocycles. The topological polar surface area (TPSA) is 17.8 Å². The number of hydrogen-bond donors (Lipinski definition) is 0. The molecule has 0 unspecified atom stereocenters. The third kappa shape index (κ3) is 2.73. The lowest BCUT2D eigenvalue weighted by Gasteiger charge is -2.12. The highest BCUT2D eigenvalue weighted by atomic mass is 19.2. The molecular formula is C18H18F2N2. The number of para-hydroxylation sites is 2. The van der Waals surface area contributed by atoms with Gasteiger partial charge in [-0.15, -0.1) is 0 Å². The third-order valence-electron chi connectivity index (χ3n) is 3.66. The summed E-state index contributed by atoms with van der Waals surface area (Å²) in [6, 6.07) is 12.1. The summed E-state index contributed by atoms with van der Waals surface area (Å²) < 4.78 is 29.4. The molecule has 114 valence electrons. The summed E-state index contributed by atoms with van der Waals surface area (Å²) in [6.45, 7) is 5.05. The Morgan fingerprint density at radius 2 is 1.82 bits per heavy atom. The number of imidazole rings is 1. The molecule has 0 atom stereocenters. The molecule has 0 fully saturated rings. The van der Waals surface area contributed by atoms with Gasteiger partial charge in [0.2, 0.25) is 0 Å². The smallest absolute Gasteiger partial charge is 0.162 e. The highest BCUT2D eigenvalue weighted by Gasteiger charge is 2.15. The maximum Gasteiger partial charge on any atom is 0.162 e. The maximum atomic E-state index is 13.9. The van der Waals surface area contributed by atoms with Gasteiger partial charge in [-0.2, -0.15) is 0 Å². The van der Waals surface area contributed by atoms with E-state index in [1.807, 2.05) is 24.3 Å². The number of benzene rings is 2. The minimum atomic E-state index is -0.816. The van der Waals surface area contributed by atoms with Crippen LogP contribution in [0.1, 0.15) is 25.2 Å². The SMILES string of the molecule is CC(C)Cn1c(Cc2cccc(F)c2F)nc2ccccc21. The minimum Gasteiger partial charge on any atom is -0.327 e. The molecule has 1 heterocycles. The van der Waals surface area contributed by atoms with Crippen molar-refractivity contribution in [2.24, 2.45) is 5.92 Å². The largest absolute Gasteiger partial charge is 0.327 e. The summed E-state index contributed by atoms with van der Waals surface area (Å²) in [5.41, 5.74) is 2.25. The molecule has 0 saturated heterocycles. The van der Waals surface area contributed by atoms with Gasteiger partial charge in [0.05, 0.1) is 11.0 Å². The summed E-state index contributed by atoms with van der Waals surface area (Å²) in [4.78, 5) is 4.61. The van der Waals surface area contributed by atoms with Gasteiger partial charge in [0.15, 0.2) is 11.6 Å². The molecule has 0 bridgehead atoms. The van der Waals surface area contributed by atoms with Crippen LogP contribution in [-0.2, 0) is 13.0 Å². The number of fused-ring (bicyclic) bond motifs is 1. The van der Waals surface area contributed by atoms with Crippen molar-refractivity contribution in [3.63, 3.8) is 0 Å². The van der Waals surface area contributed by atoms with E-state index in [4.69, 9.17) is 0 Å². The summed E-state index contributed by atoms with van der Waals surface area (Å²) in [5.74, 6) is -0.400. The van der Waals surface area contributed by atoms with Gasteiger partial charge >= 0.3 is 0 Å². The maximum absolute atomic E-state index is 13.9. The van der Waals surface area contributed by atoms with E-state index in [-0.39, 0.29) is 6.42 Å². The Bertz CT molecular complexity index is 806.